The maximum absolute atomic E-state index is 12.8. The third-order valence-corrected chi connectivity index (χ3v) is 5.03. The summed E-state index contributed by atoms with van der Waals surface area (Å²) < 4.78 is 5.37. The Balaban J connectivity index is 1.62. The van der Waals surface area contributed by atoms with E-state index in [0.29, 0.717) is 11.5 Å². The van der Waals surface area contributed by atoms with Gasteiger partial charge in [-0.15, -0.1) is 0 Å². The number of para-hydroxylation sites is 1. The summed E-state index contributed by atoms with van der Waals surface area (Å²) in [6.45, 7) is 11.5. The van der Waals surface area contributed by atoms with Crippen LogP contribution in [-0.4, -0.2) is 55.2 Å². The number of benzene rings is 1. The van der Waals surface area contributed by atoms with Crippen molar-refractivity contribution in [3.8, 4) is 0 Å². The molecule has 1 saturated heterocycles. The predicted molar refractivity (Wildman–Crippen MR) is 113 cm³/mol. The van der Waals surface area contributed by atoms with Crippen molar-refractivity contribution in [3.63, 3.8) is 0 Å². The van der Waals surface area contributed by atoms with Crippen molar-refractivity contribution in [3.05, 3.63) is 53.2 Å². The molecule has 0 bridgehead atoms. The zero-order valence-corrected chi connectivity index (χ0v) is 17.0. The molecule has 28 heavy (non-hydrogen) atoms. The van der Waals surface area contributed by atoms with Crippen molar-refractivity contribution in [1.29, 1.82) is 0 Å². The SMILES string of the molecule is Cc1cccc(C(C)C)c1NC(=O)c1ccnc(NCCN2CCOCC2)c1. The number of aryl methyl sites for hydroxylation is 1. The van der Waals surface area contributed by atoms with Gasteiger partial charge in [-0.05, 0) is 36.1 Å². The molecule has 1 aliphatic heterocycles. The number of rotatable bonds is 7. The molecule has 1 fully saturated rings. The number of nitrogens with zero attached hydrogens (tertiary/aromatic N) is 2. The molecule has 0 spiro atoms. The molecule has 1 aromatic carbocycles. The largest absolute Gasteiger partial charge is 0.379 e. The Hall–Kier alpha value is -2.44. The van der Waals surface area contributed by atoms with E-state index in [-0.39, 0.29) is 5.91 Å². The van der Waals surface area contributed by atoms with Crippen LogP contribution in [0.25, 0.3) is 0 Å². The first-order valence-electron chi connectivity index (χ1n) is 9.95. The number of nitrogens with one attached hydrogen (secondary N) is 2. The minimum Gasteiger partial charge on any atom is -0.379 e. The highest BCUT2D eigenvalue weighted by molar-refractivity contribution is 6.05. The number of morpholine rings is 1. The highest BCUT2D eigenvalue weighted by Gasteiger charge is 2.14. The molecule has 0 radical (unpaired) electrons. The third kappa shape index (κ3) is 5.30. The minimum atomic E-state index is -0.116. The van der Waals surface area contributed by atoms with Crippen LogP contribution in [0, 0.1) is 6.92 Å². The standard InChI is InChI=1S/C22H30N4O2/c1-16(2)19-6-4-5-17(3)21(19)25-22(27)18-7-8-23-20(15-18)24-9-10-26-11-13-28-14-12-26/h4-8,15-16H,9-14H2,1-3H3,(H,23,24)(H,25,27). The first-order chi connectivity index (χ1) is 13.5. The lowest BCUT2D eigenvalue weighted by Crippen LogP contribution is -2.39. The van der Waals surface area contributed by atoms with Crippen molar-refractivity contribution in [2.24, 2.45) is 0 Å². The minimum absolute atomic E-state index is 0.116. The molecule has 0 aliphatic carbocycles. The van der Waals surface area contributed by atoms with Crippen molar-refractivity contribution in [2.75, 3.05) is 50.0 Å². The van der Waals surface area contributed by atoms with Gasteiger partial charge in [0, 0.05) is 43.6 Å². The molecule has 0 saturated carbocycles. The number of carbonyl (C=O) groups excluding carboxylic acids is 1. The molecule has 2 N–H and O–H groups in total. The highest BCUT2D eigenvalue weighted by Crippen LogP contribution is 2.28. The zero-order chi connectivity index (χ0) is 19.9. The Labute approximate surface area is 167 Å². The highest BCUT2D eigenvalue weighted by atomic mass is 16.5. The number of ether oxygens (including phenoxy) is 1. The number of hydrogen-bond donors (Lipinski definition) is 2. The number of hydrogen-bond acceptors (Lipinski definition) is 5. The summed E-state index contributed by atoms with van der Waals surface area (Å²) in [5.41, 5.74) is 3.71. The van der Waals surface area contributed by atoms with E-state index in [4.69, 9.17) is 4.74 Å². The number of anilines is 2. The van der Waals surface area contributed by atoms with Gasteiger partial charge in [0.1, 0.15) is 5.82 Å². The topological polar surface area (TPSA) is 66.5 Å². The summed E-state index contributed by atoms with van der Waals surface area (Å²) >= 11 is 0. The smallest absolute Gasteiger partial charge is 0.255 e. The Kier molecular flexibility index (Phi) is 7.01. The molecule has 150 valence electrons. The Morgan fingerprint density at radius 3 is 2.79 bits per heavy atom. The number of aromatic nitrogens is 1. The summed E-state index contributed by atoms with van der Waals surface area (Å²) in [5.74, 6) is 0.940. The van der Waals surface area contributed by atoms with E-state index in [1.807, 2.05) is 25.1 Å². The van der Waals surface area contributed by atoms with Gasteiger partial charge in [-0.25, -0.2) is 4.98 Å². The second-order valence-corrected chi connectivity index (χ2v) is 7.46. The molecule has 1 amide bonds. The molecule has 1 aromatic heterocycles. The average molecular weight is 383 g/mol. The Bertz CT molecular complexity index is 801. The van der Waals surface area contributed by atoms with E-state index in [1.165, 1.54) is 0 Å². The average Bonchev–Trinajstić information content (AvgIpc) is 2.70. The normalized spacial score (nSPS) is 14.9. The predicted octanol–water partition coefficient (Wildman–Crippen LogP) is 3.51. The molecule has 0 unspecified atom stereocenters. The molecule has 6 nitrogen and oxygen atoms in total. The van der Waals surface area contributed by atoms with E-state index in [2.05, 4.69) is 40.4 Å². The monoisotopic (exact) mass is 382 g/mol. The van der Waals surface area contributed by atoms with E-state index >= 15 is 0 Å². The molecular weight excluding hydrogens is 352 g/mol. The second-order valence-electron chi connectivity index (χ2n) is 7.46. The lowest BCUT2D eigenvalue weighted by molar-refractivity contribution is 0.0398. The van der Waals surface area contributed by atoms with Crippen LogP contribution in [0.1, 0.15) is 41.3 Å². The Morgan fingerprint density at radius 2 is 2.04 bits per heavy atom. The fourth-order valence-electron chi connectivity index (χ4n) is 3.36. The van der Waals surface area contributed by atoms with Gasteiger partial charge in [-0.2, -0.15) is 0 Å². The Morgan fingerprint density at radius 1 is 1.25 bits per heavy atom. The third-order valence-electron chi connectivity index (χ3n) is 5.03. The molecule has 2 aromatic rings. The van der Waals surface area contributed by atoms with E-state index < -0.39 is 0 Å². The maximum atomic E-state index is 12.8. The zero-order valence-electron chi connectivity index (χ0n) is 17.0. The number of carbonyl (C=O) groups is 1. The number of pyridine rings is 1. The van der Waals surface area contributed by atoms with E-state index in [0.717, 1.165) is 62.0 Å². The van der Waals surface area contributed by atoms with Gasteiger partial charge >= 0.3 is 0 Å². The van der Waals surface area contributed by atoms with Crippen molar-refractivity contribution in [2.45, 2.75) is 26.7 Å². The lowest BCUT2D eigenvalue weighted by atomic mass is 9.98. The summed E-state index contributed by atoms with van der Waals surface area (Å²) in [6.07, 6.45) is 1.67. The summed E-state index contributed by atoms with van der Waals surface area (Å²) in [7, 11) is 0. The molecular formula is C22H30N4O2. The van der Waals surface area contributed by atoms with Crippen LogP contribution in [0.3, 0.4) is 0 Å². The lowest BCUT2D eigenvalue weighted by Gasteiger charge is -2.26. The van der Waals surface area contributed by atoms with Crippen molar-refractivity contribution >= 4 is 17.4 Å². The fourth-order valence-corrected chi connectivity index (χ4v) is 3.36. The van der Waals surface area contributed by atoms with Crippen LogP contribution >= 0.6 is 0 Å². The van der Waals surface area contributed by atoms with Crippen LogP contribution in [0.15, 0.2) is 36.5 Å². The van der Waals surface area contributed by atoms with Crippen LogP contribution < -0.4 is 10.6 Å². The van der Waals surface area contributed by atoms with Gasteiger partial charge in [0.15, 0.2) is 0 Å². The van der Waals surface area contributed by atoms with E-state index in [9.17, 15) is 4.79 Å². The van der Waals surface area contributed by atoms with Crippen molar-refractivity contribution in [1.82, 2.24) is 9.88 Å². The van der Waals surface area contributed by atoms with E-state index in [1.54, 1.807) is 12.3 Å². The summed E-state index contributed by atoms with van der Waals surface area (Å²) in [4.78, 5) is 19.5. The maximum Gasteiger partial charge on any atom is 0.255 e. The summed E-state index contributed by atoms with van der Waals surface area (Å²) in [6, 6.07) is 9.67. The van der Waals surface area contributed by atoms with Crippen LogP contribution in [0.4, 0.5) is 11.5 Å². The van der Waals surface area contributed by atoms with Gasteiger partial charge in [-0.3, -0.25) is 9.69 Å². The van der Waals surface area contributed by atoms with Gasteiger partial charge < -0.3 is 15.4 Å². The van der Waals surface area contributed by atoms with Gasteiger partial charge in [-0.1, -0.05) is 32.0 Å². The number of amides is 1. The molecule has 1 aliphatic rings. The first-order valence-corrected chi connectivity index (χ1v) is 9.95. The van der Waals surface area contributed by atoms with Crippen LogP contribution in [0.5, 0.6) is 0 Å². The van der Waals surface area contributed by atoms with Gasteiger partial charge in [0.2, 0.25) is 0 Å². The van der Waals surface area contributed by atoms with Crippen LogP contribution in [0.2, 0.25) is 0 Å². The molecule has 0 atom stereocenters. The summed E-state index contributed by atoms with van der Waals surface area (Å²) in [5, 5.41) is 6.41. The molecule has 2 heterocycles. The molecule has 3 rings (SSSR count). The fraction of sp³-hybridized carbons (Fsp3) is 0.455. The first kappa shape index (κ1) is 20.3. The van der Waals surface area contributed by atoms with Crippen molar-refractivity contribution < 1.29 is 9.53 Å². The van der Waals surface area contributed by atoms with Gasteiger partial charge in [0.05, 0.1) is 13.2 Å². The van der Waals surface area contributed by atoms with Gasteiger partial charge in [0.25, 0.3) is 5.91 Å². The second kappa shape index (κ2) is 9.66. The molecule has 6 heteroatoms. The quantitative estimate of drug-likeness (QED) is 0.767. The van der Waals surface area contributed by atoms with Crippen LogP contribution in [-0.2, 0) is 4.74 Å².